The number of nitrogens with two attached hydrogens (primary N) is 1. The van der Waals surface area contributed by atoms with Crippen LogP contribution >= 0.6 is 0 Å². The lowest BCUT2D eigenvalue weighted by molar-refractivity contribution is 0.141. The summed E-state index contributed by atoms with van der Waals surface area (Å²) < 4.78 is 29.4. The van der Waals surface area contributed by atoms with Crippen molar-refractivity contribution in [2.24, 2.45) is 0 Å². The zero-order chi connectivity index (χ0) is 10.7. The van der Waals surface area contributed by atoms with Crippen LogP contribution in [0.4, 0.5) is 14.5 Å². The maximum absolute atomic E-state index is 12.4. The van der Waals surface area contributed by atoms with Crippen molar-refractivity contribution in [2.75, 3.05) is 12.8 Å². The number of halogens is 2. The zero-order valence-electron chi connectivity index (χ0n) is 7.29. The van der Waals surface area contributed by atoms with Gasteiger partial charge in [-0.15, -0.1) is 0 Å². The van der Waals surface area contributed by atoms with Gasteiger partial charge in [-0.05, 0) is 0 Å². The predicted octanol–water partition coefficient (Wildman–Crippen LogP) is 1.48. The Morgan fingerprint density at radius 1 is 1.64 bits per heavy atom. The highest BCUT2D eigenvalue weighted by atomic mass is 19.3. The lowest BCUT2D eigenvalue weighted by Crippen LogP contribution is -2.02. The molecule has 1 heterocycles. The Kier molecular flexibility index (Phi) is 2.82. The summed E-state index contributed by atoms with van der Waals surface area (Å²) in [6.07, 6.45) is -2.79. The smallest absolute Gasteiger partial charge is 0.284 e. The molecule has 1 aromatic heterocycles. The number of nitriles is 1. The number of aromatic nitrogens is 1. The van der Waals surface area contributed by atoms with Crippen LogP contribution in [0.25, 0.3) is 0 Å². The second-order valence-corrected chi connectivity index (χ2v) is 2.43. The minimum Gasteiger partial charge on any atom is -0.495 e. The van der Waals surface area contributed by atoms with E-state index in [1.165, 1.54) is 7.11 Å². The van der Waals surface area contributed by atoms with Crippen LogP contribution < -0.4 is 10.5 Å². The summed E-state index contributed by atoms with van der Waals surface area (Å²) in [6.45, 7) is 0. The third kappa shape index (κ3) is 1.71. The predicted molar refractivity (Wildman–Crippen MR) is 44.9 cm³/mol. The normalized spacial score (nSPS) is 9.93. The third-order valence-electron chi connectivity index (χ3n) is 1.58. The number of pyridine rings is 1. The van der Waals surface area contributed by atoms with Crippen molar-refractivity contribution in [3.63, 3.8) is 0 Å². The van der Waals surface area contributed by atoms with Gasteiger partial charge in [0.1, 0.15) is 17.5 Å². The summed E-state index contributed by atoms with van der Waals surface area (Å²) in [5, 5.41) is 8.51. The fraction of sp³-hybridized carbons (Fsp3) is 0.250. The van der Waals surface area contributed by atoms with Crippen LogP contribution in [0.15, 0.2) is 6.07 Å². The molecular formula is C8H7F2N3O. The van der Waals surface area contributed by atoms with E-state index in [1.807, 2.05) is 0 Å². The van der Waals surface area contributed by atoms with E-state index in [9.17, 15) is 8.78 Å². The average molecular weight is 199 g/mol. The number of hydrogen-bond acceptors (Lipinski definition) is 4. The number of hydrogen-bond donors (Lipinski definition) is 1. The minimum absolute atomic E-state index is 0.0220. The Morgan fingerprint density at radius 3 is 2.71 bits per heavy atom. The Hall–Kier alpha value is -1.90. The summed E-state index contributed by atoms with van der Waals surface area (Å²) in [7, 11) is 1.23. The lowest BCUT2D eigenvalue weighted by atomic mass is 10.2. The first-order valence-electron chi connectivity index (χ1n) is 3.62. The van der Waals surface area contributed by atoms with Gasteiger partial charge >= 0.3 is 0 Å². The number of alkyl halides is 2. The molecule has 74 valence electrons. The highest BCUT2D eigenvalue weighted by Gasteiger charge is 2.18. The molecule has 0 unspecified atom stereocenters. The molecule has 1 rings (SSSR count). The highest BCUT2D eigenvalue weighted by molar-refractivity contribution is 5.54. The van der Waals surface area contributed by atoms with Crippen molar-refractivity contribution in [2.45, 2.75) is 6.43 Å². The first-order valence-corrected chi connectivity index (χ1v) is 3.62. The quantitative estimate of drug-likeness (QED) is 0.782. The Morgan fingerprint density at radius 2 is 2.29 bits per heavy atom. The topological polar surface area (TPSA) is 71.9 Å². The van der Waals surface area contributed by atoms with Crippen LogP contribution in [-0.4, -0.2) is 12.1 Å². The van der Waals surface area contributed by atoms with E-state index in [0.29, 0.717) is 0 Å². The van der Waals surface area contributed by atoms with Crippen LogP contribution in [0.5, 0.6) is 5.75 Å². The molecule has 0 aliphatic carbocycles. The van der Waals surface area contributed by atoms with Crippen LogP contribution in [0.3, 0.4) is 0 Å². The standard InChI is InChI=1S/C8H7F2N3O/c1-14-6-2-4(12)5(3-11)13-7(6)8(9)10/h2,8H,12H2,1H3. The summed E-state index contributed by atoms with van der Waals surface area (Å²) in [5.74, 6) is -0.114. The largest absolute Gasteiger partial charge is 0.495 e. The first-order chi connectivity index (χ1) is 6.60. The van der Waals surface area contributed by atoms with E-state index in [4.69, 9.17) is 11.0 Å². The lowest BCUT2D eigenvalue weighted by Gasteiger charge is -2.08. The maximum atomic E-state index is 12.4. The van der Waals surface area contributed by atoms with Gasteiger partial charge in [0.05, 0.1) is 12.8 Å². The van der Waals surface area contributed by atoms with Crippen molar-refractivity contribution in [1.29, 1.82) is 5.26 Å². The van der Waals surface area contributed by atoms with Gasteiger partial charge in [-0.3, -0.25) is 0 Å². The maximum Gasteiger partial charge on any atom is 0.284 e. The highest BCUT2D eigenvalue weighted by Crippen LogP contribution is 2.29. The summed E-state index contributed by atoms with van der Waals surface area (Å²) in [4.78, 5) is 3.40. The van der Waals surface area contributed by atoms with Gasteiger partial charge in [0.25, 0.3) is 6.43 Å². The molecule has 4 nitrogen and oxygen atoms in total. The molecule has 14 heavy (non-hydrogen) atoms. The molecule has 1 aromatic rings. The molecule has 0 fully saturated rings. The van der Waals surface area contributed by atoms with E-state index in [0.717, 1.165) is 6.07 Å². The molecule has 6 heteroatoms. The number of methoxy groups -OCH3 is 1. The van der Waals surface area contributed by atoms with Crippen molar-refractivity contribution >= 4 is 5.69 Å². The summed E-state index contributed by atoms with van der Waals surface area (Å²) >= 11 is 0. The molecular weight excluding hydrogens is 192 g/mol. The van der Waals surface area contributed by atoms with Gasteiger partial charge in [-0.25, -0.2) is 13.8 Å². The number of anilines is 1. The first kappa shape index (κ1) is 10.2. The molecule has 0 atom stereocenters. The third-order valence-corrected chi connectivity index (χ3v) is 1.58. The van der Waals surface area contributed by atoms with Crippen molar-refractivity contribution in [3.05, 3.63) is 17.5 Å². The number of rotatable bonds is 2. The van der Waals surface area contributed by atoms with Gasteiger partial charge in [0.2, 0.25) is 0 Å². The molecule has 0 saturated heterocycles. The van der Waals surface area contributed by atoms with E-state index < -0.39 is 12.1 Å². The molecule has 0 saturated carbocycles. The second kappa shape index (κ2) is 3.87. The van der Waals surface area contributed by atoms with Gasteiger partial charge in [-0.2, -0.15) is 5.26 Å². The van der Waals surface area contributed by atoms with Crippen molar-refractivity contribution in [1.82, 2.24) is 4.98 Å². The molecule has 0 aliphatic rings. The van der Waals surface area contributed by atoms with Gasteiger partial charge in [0.15, 0.2) is 5.69 Å². The van der Waals surface area contributed by atoms with Crippen molar-refractivity contribution < 1.29 is 13.5 Å². The number of ether oxygens (including phenoxy) is 1. The fourth-order valence-electron chi connectivity index (χ4n) is 0.933. The van der Waals surface area contributed by atoms with Crippen LogP contribution in [0, 0.1) is 11.3 Å². The van der Waals surface area contributed by atoms with E-state index in [-0.39, 0.29) is 17.1 Å². The molecule has 2 N–H and O–H groups in total. The van der Waals surface area contributed by atoms with Crippen molar-refractivity contribution in [3.8, 4) is 11.8 Å². The zero-order valence-corrected chi connectivity index (χ0v) is 7.29. The van der Waals surface area contributed by atoms with E-state index >= 15 is 0 Å². The van der Waals surface area contributed by atoms with Crippen LogP contribution in [0.2, 0.25) is 0 Å². The Labute approximate surface area is 78.9 Å². The Balaban J connectivity index is 3.34. The molecule has 0 radical (unpaired) electrons. The molecule has 0 bridgehead atoms. The van der Waals surface area contributed by atoms with Gasteiger partial charge in [-0.1, -0.05) is 0 Å². The Bertz CT molecular complexity index is 387. The van der Waals surface area contributed by atoms with Crippen LogP contribution in [0.1, 0.15) is 17.8 Å². The molecule has 0 amide bonds. The van der Waals surface area contributed by atoms with E-state index in [2.05, 4.69) is 9.72 Å². The van der Waals surface area contributed by atoms with Gasteiger partial charge in [0, 0.05) is 6.07 Å². The molecule has 0 aliphatic heterocycles. The monoisotopic (exact) mass is 199 g/mol. The summed E-state index contributed by atoms with van der Waals surface area (Å²) in [6, 6.07) is 2.78. The number of nitrogens with zero attached hydrogens (tertiary/aromatic N) is 2. The van der Waals surface area contributed by atoms with E-state index in [1.54, 1.807) is 6.07 Å². The fourth-order valence-corrected chi connectivity index (χ4v) is 0.933. The minimum atomic E-state index is -2.79. The summed E-state index contributed by atoms with van der Waals surface area (Å²) in [5.41, 5.74) is 4.60. The number of nitrogen functional groups attached to an aromatic ring is 1. The molecule has 0 spiro atoms. The second-order valence-electron chi connectivity index (χ2n) is 2.43. The molecule has 0 aromatic carbocycles. The average Bonchev–Trinajstić information content (AvgIpc) is 2.16. The van der Waals surface area contributed by atoms with Gasteiger partial charge < -0.3 is 10.5 Å². The SMILES string of the molecule is COc1cc(N)c(C#N)nc1C(F)F. The van der Waals surface area contributed by atoms with Crippen LogP contribution in [-0.2, 0) is 0 Å².